The van der Waals surface area contributed by atoms with Crippen LogP contribution >= 0.6 is 0 Å². The van der Waals surface area contributed by atoms with E-state index < -0.39 is 0 Å². The monoisotopic (exact) mass is 240 g/mol. The van der Waals surface area contributed by atoms with Crippen LogP contribution in [0.2, 0.25) is 0 Å². The molecule has 2 aliphatic rings. The molecule has 1 heterocycles. The van der Waals surface area contributed by atoms with E-state index in [0.29, 0.717) is 12.1 Å². The Morgan fingerprint density at radius 1 is 1.29 bits per heavy atom. The maximum atomic E-state index is 9.46. The third-order valence-corrected chi connectivity index (χ3v) is 4.10. The number of nitrogens with one attached hydrogen (secondary N) is 1. The zero-order valence-electron chi connectivity index (χ0n) is 11.2. The molecule has 0 aromatic carbocycles. The van der Waals surface area contributed by atoms with Crippen molar-refractivity contribution in [3.8, 4) is 0 Å². The van der Waals surface area contributed by atoms with Crippen LogP contribution in [-0.2, 0) is 0 Å². The molecule has 0 aromatic heterocycles. The number of aliphatic hydroxyl groups is 1. The summed E-state index contributed by atoms with van der Waals surface area (Å²) in [7, 11) is 0. The molecule has 2 N–H and O–H groups in total. The quantitative estimate of drug-likeness (QED) is 0.712. The molecule has 3 nitrogen and oxygen atoms in total. The topological polar surface area (TPSA) is 35.5 Å². The maximum absolute atomic E-state index is 9.46. The highest BCUT2D eigenvalue weighted by Crippen LogP contribution is 2.23. The summed E-state index contributed by atoms with van der Waals surface area (Å²) >= 11 is 0. The smallest absolute Gasteiger partial charge is 0.0597 e. The second kappa shape index (κ2) is 6.72. The van der Waals surface area contributed by atoms with Gasteiger partial charge >= 0.3 is 0 Å². The average Bonchev–Trinajstić information content (AvgIpc) is 3.15. The molecule has 0 amide bonds. The highest BCUT2D eigenvalue weighted by atomic mass is 16.3. The molecule has 1 saturated carbocycles. The first-order valence-electron chi connectivity index (χ1n) is 7.44. The minimum atomic E-state index is 0.284. The van der Waals surface area contributed by atoms with E-state index in [4.69, 9.17) is 0 Å². The van der Waals surface area contributed by atoms with Gasteiger partial charge in [0.05, 0.1) is 6.61 Å². The number of likely N-dealkylation sites (tertiary alicyclic amines) is 1. The molecule has 100 valence electrons. The number of hydrogen-bond donors (Lipinski definition) is 2. The summed E-state index contributed by atoms with van der Waals surface area (Å²) in [6, 6.07) is 1.75. The van der Waals surface area contributed by atoms with Crippen molar-refractivity contribution >= 4 is 0 Å². The Hall–Kier alpha value is -0.120. The molecular weight excluding hydrogens is 212 g/mol. The minimum absolute atomic E-state index is 0.284. The lowest BCUT2D eigenvalue weighted by molar-refractivity contribution is 0.107. The first-order valence-corrected chi connectivity index (χ1v) is 7.44. The third kappa shape index (κ3) is 4.23. The number of aliphatic hydroxyl groups excluding tert-OH is 1. The van der Waals surface area contributed by atoms with Crippen molar-refractivity contribution in [3.05, 3.63) is 0 Å². The molecule has 0 bridgehead atoms. The van der Waals surface area contributed by atoms with Crippen molar-refractivity contribution in [3.63, 3.8) is 0 Å². The summed E-state index contributed by atoms with van der Waals surface area (Å²) < 4.78 is 0. The SMILES string of the molecule is CCCC1CCCCN1CC(CO)NC1CC1. The largest absolute Gasteiger partial charge is 0.395 e. The van der Waals surface area contributed by atoms with Crippen molar-refractivity contribution in [1.82, 2.24) is 10.2 Å². The predicted molar refractivity (Wildman–Crippen MR) is 71.2 cm³/mol. The Kier molecular flexibility index (Phi) is 5.26. The van der Waals surface area contributed by atoms with E-state index in [1.165, 1.54) is 51.5 Å². The number of rotatable bonds is 7. The average molecular weight is 240 g/mol. The molecular formula is C14H28N2O. The standard InChI is InChI=1S/C14H28N2O/c1-2-5-14-6-3-4-9-16(14)10-13(11-17)15-12-7-8-12/h12-15,17H,2-11H2,1H3. The van der Waals surface area contributed by atoms with Crippen LogP contribution in [0.3, 0.4) is 0 Å². The molecule has 0 spiro atoms. The zero-order valence-corrected chi connectivity index (χ0v) is 11.2. The molecule has 2 atom stereocenters. The Labute approximate surface area is 106 Å². The van der Waals surface area contributed by atoms with Gasteiger partial charge in [0.2, 0.25) is 0 Å². The molecule has 0 radical (unpaired) electrons. The second-order valence-corrected chi connectivity index (χ2v) is 5.75. The van der Waals surface area contributed by atoms with Gasteiger partial charge in [-0.3, -0.25) is 4.90 Å². The fraction of sp³-hybridized carbons (Fsp3) is 1.00. The summed E-state index contributed by atoms with van der Waals surface area (Å²) in [5, 5.41) is 13.0. The number of piperidine rings is 1. The maximum Gasteiger partial charge on any atom is 0.0597 e. The van der Waals surface area contributed by atoms with Gasteiger partial charge in [-0.15, -0.1) is 0 Å². The van der Waals surface area contributed by atoms with E-state index >= 15 is 0 Å². The molecule has 1 aliphatic carbocycles. The van der Waals surface area contributed by atoms with Crippen LogP contribution in [0.1, 0.15) is 51.9 Å². The van der Waals surface area contributed by atoms with Gasteiger partial charge in [0.1, 0.15) is 0 Å². The lowest BCUT2D eigenvalue weighted by Gasteiger charge is -2.37. The molecule has 17 heavy (non-hydrogen) atoms. The van der Waals surface area contributed by atoms with E-state index in [-0.39, 0.29) is 6.61 Å². The van der Waals surface area contributed by atoms with Gasteiger partial charge in [-0.2, -0.15) is 0 Å². The van der Waals surface area contributed by atoms with E-state index in [1.807, 2.05) is 0 Å². The van der Waals surface area contributed by atoms with Crippen LogP contribution < -0.4 is 5.32 Å². The van der Waals surface area contributed by atoms with Crippen LogP contribution in [0, 0.1) is 0 Å². The Morgan fingerprint density at radius 3 is 2.76 bits per heavy atom. The first kappa shape index (κ1) is 13.3. The van der Waals surface area contributed by atoms with Crippen molar-refractivity contribution in [2.45, 2.75) is 70.0 Å². The van der Waals surface area contributed by atoms with E-state index in [2.05, 4.69) is 17.1 Å². The van der Waals surface area contributed by atoms with Crippen molar-refractivity contribution < 1.29 is 5.11 Å². The fourth-order valence-electron chi connectivity index (χ4n) is 2.99. The predicted octanol–water partition coefficient (Wildman–Crippen LogP) is 1.75. The third-order valence-electron chi connectivity index (χ3n) is 4.10. The number of nitrogens with zero attached hydrogens (tertiary/aromatic N) is 1. The lowest BCUT2D eigenvalue weighted by Crippen LogP contribution is -2.49. The summed E-state index contributed by atoms with van der Waals surface area (Å²) in [5.41, 5.74) is 0. The van der Waals surface area contributed by atoms with Crippen molar-refractivity contribution in [2.24, 2.45) is 0 Å². The van der Waals surface area contributed by atoms with E-state index in [1.54, 1.807) is 0 Å². The van der Waals surface area contributed by atoms with Gasteiger partial charge < -0.3 is 10.4 Å². The molecule has 2 rings (SSSR count). The Balaban J connectivity index is 1.79. The van der Waals surface area contributed by atoms with Crippen LogP contribution in [0.5, 0.6) is 0 Å². The summed E-state index contributed by atoms with van der Waals surface area (Å²) in [6.45, 7) is 4.83. The van der Waals surface area contributed by atoms with Gasteiger partial charge in [0.15, 0.2) is 0 Å². The van der Waals surface area contributed by atoms with Gasteiger partial charge in [0.25, 0.3) is 0 Å². The minimum Gasteiger partial charge on any atom is -0.395 e. The lowest BCUT2D eigenvalue weighted by atomic mass is 9.97. The van der Waals surface area contributed by atoms with Gasteiger partial charge in [-0.1, -0.05) is 19.8 Å². The highest BCUT2D eigenvalue weighted by Gasteiger charge is 2.28. The summed E-state index contributed by atoms with van der Waals surface area (Å²) in [5.74, 6) is 0. The van der Waals surface area contributed by atoms with Crippen LogP contribution in [0.4, 0.5) is 0 Å². The fourth-order valence-corrected chi connectivity index (χ4v) is 2.99. The molecule has 3 heteroatoms. The van der Waals surface area contributed by atoms with Gasteiger partial charge in [0, 0.05) is 24.7 Å². The second-order valence-electron chi connectivity index (χ2n) is 5.75. The van der Waals surface area contributed by atoms with Crippen LogP contribution in [-0.4, -0.2) is 47.8 Å². The molecule has 2 fully saturated rings. The van der Waals surface area contributed by atoms with Crippen molar-refractivity contribution in [1.29, 1.82) is 0 Å². The molecule has 1 saturated heterocycles. The number of hydrogen-bond acceptors (Lipinski definition) is 3. The van der Waals surface area contributed by atoms with Crippen LogP contribution in [0.15, 0.2) is 0 Å². The Morgan fingerprint density at radius 2 is 2.12 bits per heavy atom. The molecule has 2 unspecified atom stereocenters. The van der Waals surface area contributed by atoms with Gasteiger partial charge in [-0.25, -0.2) is 0 Å². The normalized spacial score (nSPS) is 28.2. The van der Waals surface area contributed by atoms with Crippen molar-refractivity contribution in [2.75, 3.05) is 19.7 Å². The van der Waals surface area contributed by atoms with Crippen LogP contribution in [0.25, 0.3) is 0 Å². The van der Waals surface area contributed by atoms with Gasteiger partial charge in [-0.05, 0) is 38.6 Å². The molecule has 1 aliphatic heterocycles. The first-order chi connectivity index (χ1) is 8.33. The molecule has 0 aromatic rings. The summed E-state index contributed by atoms with van der Waals surface area (Å²) in [6.07, 6.45) is 9.28. The zero-order chi connectivity index (χ0) is 12.1. The summed E-state index contributed by atoms with van der Waals surface area (Å²) in [4.78, 5) is 2.61. The Bertz CT molecular complexity index is 216. The highest BCUT2D eigenvalue weighted by molar-refractivity contribution is 4.87. The van der Waals surface area contributed by atoms with E-state index in [9.17, 15) is 5.11 Å². The van der Waals surface area contributed by atoms with E-state index in [0.717, 1.165) is 12.6 Å².